The smallest absolute Gasteiger partial charge is 0.488 e. The lowest BCUT2D eigenvalue weighted by Crippen LogP contribution is -2.33. The molecule has 1 aliphatic carbocycles. The largest absolute Gasteiger partial charge is 0.492 e. The number of hydrogen-bond donors (Lipinski definition) is 2. The first-order valence-corrected chi connectivity index (χ1v) is 7.02. The van der Waals surface area contributed by atoms with Gasteiger partial charge in [-0.05, 0) is 30.4 Å². The summed E-state index contributed by atoms with van der Waals surface area (Å²) >= 11 is 0. The predicted octanol–water partition coefficient (Wildman–Crippen LogP) is -0.144. The van der Waals surface area contributed by atoms with Crippen LogP contribution in [-0.2, 0) is 4.74 Å². The molecule has 0 aromatic heterocycles. The van der Waals surface area contributed by atoms with Gasteiger partial charge in [0, 0.05) is 26.2 Å². The first-order chi connectivity index (χ1) is 9.70. The quantitative estimate of drug-likeness (QED) is 0.616. The minimum atomic E-state index is -1.46. The van der Waals surface area contributed by atoms with Crippen LogP contribution in [0.15, 0.2) is 24.3 Å². The Morgan fingerprint density at radius 3 is 2.65 bits per heavy atom. The Morgan fingerprint density at radius 1 is 1.25 bits per heavy atom. The monoisotopic (exact) mass is 279 g/mol. The second-order valence-electron chi connectivity index (χ2n) is 5.05. The maximum Gasteiger partial charge on any atom is 0.488 e. The van der Waals surface area contributed by atoms with Gasteiger partial charge in [0.15, 0.2) is 0 Å². The van der Waals surface area contributed by atoms with Gasteiger partial charge in [-0.2, -0.15) is 0 Å². The summed E-state index contributed by atoms with van der Waals surface area (Å²) in [6.45, 7) is 3.12. The summed E-state index contributed by atoms with van der Waals surface area (Å²) < 4.78 is 10.8. The summed E-state index contributed by atoms with van der Waals surface area (Å²) in [4.78, 5) is 2.38. The molecule has 0 saturated heterocycles. The van der Waals surface area contributed by atoms with E-state index in [4.69, 9.17) is 19.5 Å². The van der Waals surface area contributed by atoms with E-state index in [1.807, 2.05) is 6.07 Å². The van der Waals surface area contributed by atoms with Gasteiger partial charge in [-0.1, -0.05) is 12.1 Å². The number of methoxy groups -OCH3 is 1. The van der Waals surface area contributed by atoms with E-state index < -0.39 is 7.12 Å². The van der Waals surface area contributed by atoms with Gasteiger partial charge in [-0.15, -0.1) is 0 Å². The molecular weight excluding hydrogens is 257 g/mol. The SMILES string of the molecule is COCCN(CCOc1cccc(B(O)O)c1)C1CC1. The van der Waals surface area contributed by atoms with Crippen LogP contribution < -0.4 is 10.2 Å². The highest BCUT2D eigenvalue weighted by Gasteiger charge is 2.28. The molecule has 110 valence electrons. The van der Waals surface area contributed by atoms with E-state index in [1.54, 1.807) is 25.3 Å². The average molecular weight is 279 g/mol. The zero-order valence-electron chi connectivity index (χ0n) is 11.9. The minimum Gasteiger partial charge on any atom is -0.492 e. The molecule has 0 unspecified atom stereocenters. The van der Waals surface area contributed by atoms with E-state index in [-0.39, 0.29) is 0 Å². The molecule has 1 saturated carbocycles. The van der Waals surface area contributed by atoms with Crippen LogP contribution in [0.5, 0.6) is 5.75 Å². The van der Waals surface area contributed by atoms with Gasteiger partial charge < -0.3 is 19.5 Å². The number of rotatable bonds is 9. The molecule has 0 bridgehead atoms. The van der Waals surface area contributed by atoms with Crippen molar-refractivity contribution < 1.29 is 19.5 Å². The zero-order valence-corrected chi connectivity index (χ0v) is 11.9. The summed E-state index contributed by atoms with van der Waals surface area (Å²) in [5.74, 6) is 0.665. The van der Waals surface area contributed by atoms with E-state index in [1.165, 1.54) is 12.8 Å². The van der Waals surface area contributed by atoms with Crippen molar-refractivity contribution in [1.82, 2.24) is 4.90 Å². The lowest BCUT2D eigenvalue weighted by Gasteiger charge is -2.21. The van der Waals surface area contributed by atoms with Gasteiger partial charge in [0.1, 0.15) is 12.4 Å². The Kier molecular flexibility index (Phi) is 5.85. The van der Waals surface area contributed by atoms with E-state index in [9.17, 15) is 0 Å². The zero-order chi connectivity index (χ0) is 14.4. The van der Waals surface area contributed by atoms with Crippen LogP contribution in [-0.4, -0.2) is 61.5 Å². The van der Waals surface area contributed by atoms with Crippen LogP contribution in [0.1, 0.15) is 12.8 Å². The summed E-state index contributed by atoms with van der Waals surface area (Å²) in [5.41, 5.74) is 0.445. The Hall–Kier alpha value is -1.08. The van der Waals surface area contributed by atoms with Crippen molar-refractivity contribution in [2.45, 2.75) is 18.9 Å². The molecule has 1 fully saturated rings. The van der Waals surface area contributed by atoms with Gasteiger partial charge in [-0.3, -0.25) is 4.90 Å². The van der Waals surface area contributed by atoms with Crippen molar-refractivity contribution in [3.63, 3.8) is 0 Å². The standard InChI is InChI=1S/C14H22BNO4/c1-19-9-7-16(13-5-6-13)8-10-20-14-4-2-3-12(11-14)15(17)18/h2-4,11,13,17-18H,5-10H2,1H3. The fraction of sp³-hybridized carbons (Fsp3) is 0.571. The third-order valence-corrected chi connectivity index (χ3v) is 3.45. The van der Waals surface area contributed by atoms with Gasteiger partial charge >= 0.3 is 7.12 Å². The molecular formula is C14H22BNO4. The van der Waals surface area contributed by atoms with Gasteiger partial charge in [0.2, 0.25) is 0 Å². The van der Waals surface area contributed by atoms with Gasteiger partial charge in [0.25, 0.3) is 0 Å². The molecule has 0 heterocycles. The lowest BCUT2D eigenvalue weighted by molar-refractivity contribution is 0.130. The van der Waals surface area contributed by atoms with Crippen molar-refractivity contribution in [2.75, 3.05) is 33.4 Å². The highest BCUT2D eigenvalue weighted by atomic mass is 16.5. The summed E-state index contributed by atoms with van der Waals surface area (Å²) in [5, 5.41) is 18.2. The fourth-order valence-corrected chi connectivity index (χ4v) is 2.17. The van der Waals surface area contributed by atoms with Crippen molar-refractivity contribution in [3.05, 3.63) is 24.3 Å². The molecule has 2 N–H and O–H groups in total. The fourth-order valence-electron chi connectivity index (χ4n) is 2.17. The van der Waals surface area contributed by atoms with Gasteiger partial charge in [0.05, 0.1) is 6.61 Å². The second-order valence-corrected chi connectivity index (χ2v) is 5.05. The third-order valence-electron chi connectivity index (χ3n) is 3.45. The minimum absolute atomic E-state index is 0.445. The van der Waals surface area contributed by atoms with E-state index in [0.29, 0.717) is 23.9 Å². The van der Waals surface area contributed by atoms with Crippen molar-refractivity contribution in [1.29, 1.82) is 0 Å². The molecule has 1 aromatic rings. The molecule has 0 amide bonds. The first kappa shape index (κ1) is 15.3. The van der Waals surface area contributed by atoms with Crippen LogP contribution in [0, 0.1) is 0 Å². The highest BCUT2D eigenvalue weighted by Crippen LogP contribution is 2.26. The number of nitrogens with zero attached hydrogens (tertiary/aromatic N) is 1. The Morgan fingerprint density at radius 2 is 2.00 bits per heavy atom. The van der Waals surface area contributed by atoms with Crippen LogP contribution in [0.2, 0.25) is 0 Å². The lowest BCUT2D eigenvalue weighted by atomic mass is 9.80. The topological polar surface area (TPSA) is 62.2 Å². The molecule has 0 aliphatic heterocycles. The maximum atomic E-state index is 9.12. The Balaban J connectivity index is 1.77. The van der Waals surface area contributed by atoms with E-state index in [2.05, 4.69) is 4.90 Å². The Bertz CT molecular complexity index is 412. The van der Waals surface area contributed by atoms with Crippen molar-refractivity contribution >= 4 is 12.6 Å². The Labute approximate surface area is 120 Å². The van der Waals surface area contributed by atoms with Crippen LogP contribution in [0.3, 0.4) is 0 Å². The van der Waals surface area contributed by atoms with Crippen molar-refractivity contribution in [3.8, 4) is 5.75 Å². The van der Waals surface area contributed by atoms with Gasteiger partial charge in [-0.25, -0.2) is 0 Å². The normalized spacial score (nSPS) is 14.6. The molecule has 5 nitrogen and oxygen atoms in total. The van der Waals surface area contributed by atoms with E-state index >= 15 is 0 Å². The number of hydrogen-bond acceptors (Lipinski definition) is 5. The molecule has 1 aliphatic rings. The molecule has 2 rings (SSSR count). The predicted molar refractivity (Wildman–Crippen MR) is 78.2 cm³/mol. The highest BCUT2D eigenvalue weighted by molar-refractivity contribution is 6.58. The summed E-state index contributed by atoms with van der Waals surface area (Å²) in [7, 11) is 0.260. The number of ether oxygens (including phenoxy) is 2. The summed E-state index contributed by atoms with van der Waals surface area (Å²) in [6.07, 6.45) is 2.52. The summed E-state index contributed by atoms with van der Waals surface area (Å²) in [6, 6.07) is 7.57. The molecule has 20 heavy (non-hydrogen) atoms. The molecule has 0 radical (unpaired) electrons. The molecule has 1 aromatic carbocycles. The first-order valence-electron chi connectivity index (χ1n) is 7.02. The molecule has 6 heteroatoms. The van der Waals surface area contributed by atoms with E-state index in [0.717, 1.165) is 19.7 Å². The van der Waals surface area contributed by atoms with Crippen molar-refractivity contribution in [2.24, 2.45) is 0 Å². The second kappa shape index (κ2) is 7.64. The maximum absolute atomic E-state index is 9.12. The third kappa shape index (κ3) is 4.79. The number of benzene rings is 1. The van der Waals surface area contributed by atoms with Crippen LogP contribution in [0.25, 0.3) is 0 Å². The molecule has 0 spiro atoms. The van der Waals surface area contributed by atoms with Crippen LogP contribution >= 0.6 is 0 Å². The average Bonchev–Trinajstić information content (AvgIpc) is 3.27. The van der Waals surface area contributed by atoms with Crippen LogP contribution in [0.4, 0.5) is 0 Å². The molecule has 0 atom stereocenters.